The van der Waals surface area contributed by atoms with Crippen molar-refractivity contribution in [3.8, 4) is 16.9 Å². The van der Waals surface area contributed by atoms with Gasteiger partial charge in [-0.15, -0.1) is 4.21 Å². The van der Waals surface area contributed by atoms with Crippen molar-refractivity contribution in [2.75, 3.05) is 12.0 Å². The number of aryl methyl sites for hydroxylation is 1. The average molecular weight is 437 g/mol. The van der Waals surface area contributed by atoms with Crippen LogP contribution < -0.4 is 4.74 Å². The van der Waals surface area contributed by atoms with Gasteiger partial charge in [-0.1, -0.05) is 36.4 Å². The molecule has 0 bridgehead atoms. The van der Waals surface area contributed by atoms with Crippen molar-refractivity contribution in [3.05, 3.63) is 84.1 Å². The van der Waals surface area contributed by atoms with Crippen molar-refractivity contribution >= 4 is 21.1 Å². The van der Waals surface area contributed by atoms with E-state index in [4.69, 9.17) is 4.74 Å². The predicted octanol–water partition coefficient (Wildman–Crippen LogP) is 4.03. The van der Waals surface area contributed by atoms with Gasteiger partial charge in [0, 0.05) is 15.6 Å². The molecule has 4 rings (SSSR count). The third-order valence-electron chi connectivity index (χ3n) is 5.06. The third kappa shape index (κ3) is 5.38. The molecule has 0 aliphatic rings. The summed E-state index contributed by atoms with van der Waals surface area (Å²) < 4.78 is 30.5. The van der Waals surface area contributed by atoms with E-state index >= 15 is 0 Å². The monoisotopic (exact) mass is 436 g/mol. The molecule has 0 fully saturated rings. The van der Waals surface area contributed by atoms with Crippen LogP contribution in [-0.4, -0.2) is 31.4 Å². The molecule has 3 aromatic carbocycles. The van der Waals surface area contributed by atoms with E-state index in [2.05, 4.69) is 11.2 Å². The van der Waals surface area contributed by atoms with Crippen molar-refractivity contribution in [2.45, 2.75) is 19.8 Å². The fourth-order valence-electron chi connectivity index (χ4n) is 3.44. The Bertz CT molecular complexity index is 1250. The molecule has 0 saturated carbocycles. The zero-order valence-corrected chi connectivity index (χ0v) is 18.0. The number of fused-ring (bicyclic) bond motifs is 1. The molecule has 0 aliphatic heterocycles. The van der Waals surface area contributed by atoms with Crippen molar-refractivity contribution in [3.63, 3.8) is 0 Å². The molecule has 160 valence electrons. The molecule has 0 spiro atoms. The first-order chi connectivity index (χ1) is 14.9. The minimum absolute atomic E-state index is 0.0178. The molecule has 7 heteroatoms. The van der Waals surface area contributed by atoms with Crippen LogP contribution in [0.2, 0.25) is 0 Å². The lowest BCUT2D eigenvalue weighted by Crippen LogP contribution is -2.17. The van der Waals surface area contributed by atoms with Crippen molar-refractivity contribution < 1.29 is 18.6 Å². The zero-order valence-electron chi connectivity index (χ0n) is 17.2. The number of sulfone groups is 1. The number of aliphatic hydroxyl groups is 1. The summed E-state index contributed by atoms with van der Waals surface area (Å²) in [5, 5.41) is 14.6. The van der Waals surface area contributed by atoms with Crippen molar-refractivity contribution in [1.29, 1.82) is 0 Å². The molecule has 0 saturated heterocycles. The second-order valence-electron chi connectivity index (χ2n) is 7.57. The summed E-state index contributed by atoms with van der Waals surface area (Å²) in [5.41, 5.74) is 4.91. The van der Waals surface area contributed by atoms with Gasteiger partial charge in [0.25, 0.3) is 0 Å². The van der Waals surface area contributed by atoms with Crippen LogP contribution in [0.1, 0.15) is 11.1 Å². The van der Waals surface area contributed by atoms with E-state index in [1.807, 2.05) is 60.7 Å². The molecule has 4 aromatic rings. The standard InChI is InChI=1S/C24H24N2O4S/c1-31(28,29)11-10-26-24-9-8-23(14-22(24)15-25-26)30-17-19-5-3-7-21(13-19)20-6-2-4-18(12-20)16-27/h2-9,12-15,27H,10-11,16-17H2,1H3. The van der Waals surface area contributed by atoms with E-state index in [9.17, 15) is 13.9 Å². The molecule has 0 radical (unpaired) electrons. The first-order valence-corrected chi connectivity index (χ1v) is 12.0. The van der Waals surface area contributed by atoms with Crippen molar-refractivity contribution in [2.24, 2.45) is 0 Å². The number of ether oxygens (including phenoxy) is 1. The van der Waals surface area contributed by atoms with Gasteiger partial charge in [-0.05, 0) is 52.6 Å². The van der Waals surface area contributed by atoms with Gasteiger partial charge >= 0.3 is 0 Å². The lowest BCUT2D eigenvalue weighted by Gasteiger charge is -2.10. The second-order valence-corrected chi connectivity index (χ2v) is 9.83. The Balaban J connectivity index is 1.46. The highest BCUT2D eigenvalue weighted by Gasteiger charge is 2.10. The summed E-state index contributed by atoms with van der Waals surface area (Å²) in [7, 11) is -3.04. The number of hydrogen-bond acceptors (Lipinski definition) is 5. The summed E-state index contributed by atoms with van der Waals surface area (Å²) >= 11 is 0. The van der Waals surface area contributed by atoms with Gasteiger partial charge in [-0.3, -0.25) is 4.68 Å². The highest BCUT2D eigenvalue weighted by molar-refractivity contribution is 7.96. The number of hydrogen-bond donors (Lipinski definition) is 1. The Kier molecular flexibility index (Phi) is 6.18. The Morgan fingerprint density at radius 2 is 1.74 bits per heavy atom. The Hall–Kier alpha value is -3.00. The second kappa shape index (κ2) is 9.01. The van der Waals surface area contributed by atoms with E-state index in [1.165, 1.54) is 6.26 Å². The summed E-state index contributed by atoms with van der Waals surface area (Å²) in [6.45, 7) is 0.762. The normalized spacial score (nSPS) is 13.3. The maximum Gasteiger partial charge on any atom is 0.128 e. The maximum absolute atomic E-state index is 11.4. The lowest BCUT2D eigenvalue weighted by molar-refractivity contribution is 0.282. The SMILES string of the molecule is C[S+](=O)([O-])CCn1ncc2cc(OCc3cccc(-c4cccc(CO)c4)c3)ccc21. The average Bonchev–Trinajstić information content (AvgIpc) is 3.18. The van der Waals surface area contributed by atoms with Gasteiger partial charge in [0.05, 0.1) is 31.1 Å². The number of benzene rings is 3. The fourth-order valence-corrected chi connectivity index (χ4v) is 3.95. The van der Waals surface area contributed by atoms with Crippen LogP contribution in [0.5, 0.6) is 5.75 Å². The van der Waals surface area contributed by atoms with Crippen LogP contribution in [0.4, 0.5) is 0 Å². The quantitative estimate of drug-likeness (QED) is 0.421. The molecule has 1 N–H and O–H groups in total. The topological polar surface area (TPSA) is 87.4 Å². The molecule has 0 amide bonds. The first-order valence-electron chi connectivity index (χ1n) is 9.96. The van der Waals surface area contributed by atoms with Crippen molar-refractivity contribution in [1.82, 2.24) is 9.78 Å². The first kappa shape index (κ1) is 21.2. The summed E-state index contributed by atoms with van der Waals surface area (Å²) in [4.78, 5) is 0. The Labute approximate surface area is 182 Å². The predicted molar refractivity (Wildman–Crippen MR) is 121 cm³/mol. The summed E-state index contributed by atoms with van der Waals surface area (Å²) in [6, 6.07) is 21.7. The number of nitrogens with zero attached hydrogens (tertiary/aromatic N) is 2. The highest BCUT2D eigenvalue weighted by Crippen LogP contribution is 2.24. The van der Waals surface area contributed by atoms with Crippen LogP contribution in [-0.2, 0) is 34.2 Å². The van der Waals surface area contributed by atoms with Gasteiger partial charge in [0.2, 0.25) is 0 Å². The van der Waals surface area contributed by atoms with Crippen LogP contribution in [0.15, 0.2) is 72.9 Å². The molecule has 1 heterocycles. The van der Waals surface area contributed by atoms with Gasteiger partial charge < -0.3 is 14.4 Å². The smallest absolute Gasteiger partial charge is 0.128 e. The lowest BCUT2D eigenvalue weighted by atomic mass is 10.0. The van der Waals surface area contributed by atoms with E-state index in [1.54, 1.807) is 10.9 Å². The van der Waals surface area contributed by atoms with Crippen LogP contribution in [0.25, 0.3) is 22.0 Å². The number of rotatable bonds is 8. The van der Waals surface area contributed by atoms with Crippen LogP contribution in [0.3, 0.4) is 0 Å². The van der Waals surface area contributed by atoms with E-state index in [-0.39, 0.29) is 12.4 Å². The molecular weight excluding hydrogens is 412 g/mol. The maximum atomic E-state index is 11.4. The van der Waals surface area contributed by atoms with Crippen LogP contribution in [0, 0.1) is 0 Å². The highest BCUT2D eigenvalue weighted by atomic mass is 32.3. The van der Waals surface area contributed by atoms with E-state index < -0.39 is 10.2 Å². The zero-order chi connectivity index (χ0) is 21.8. The number of aliphatic hydroxyl groups excluding tert-OH is 1. The summed E-state index contributed by atoms with van der Waals surface area (Å²) in [5.74, 6) is 0.780. The van der Waals surface area contributed by atoms with Gasteiger partial charge in [0.1, 0.15) is 18.1 Å². The van der Waals surface area contributed by atoms with E-state index in [0.717, 1.165) is 38.9 Å². The molecule has 1 atom stereocenters. The molecule has 6 nitrogen and oxygen atoms in total. The van der Waals surface area contributed by atoms with Gasteiger partial charge in [-0.2, -0.15) is 5.10 Å². The van der Waals surface area contributed by atoms with Gasteiger partial charge in [-0.25, -0.2) is 0 Å². The van der Waals surface area contributed by atoms with Crippen LogP contribution >= 0.6 is 0 Å². The largest absolute Gasteiger partial charge is 0.615 e. The molecule has 1 unspecified atom stereocenters. The third-order valence-corrected chi connectivity index (χ3v) is 5.99. The Morgan fingerprint density at radius 3 is 2.45 bits per heavy atom. The van der Waals surface area contributed by atoms with Gasteiger partial charge in [0.15, 0.2) is 0 Å². The van der Waals surface area contributed by atoms with E-state index in [0.29, 0.717) is 13.2 Å². The fraction of sp³-hybridized carbons (Fsp3) is 0.208. The molecular formula is C24H24N2O4S. The minimum Gasteiger partial charge on any atom is -0.615 e. The molecule has 0 aliphatic carbocycles. The minimum atomic E-state index is -3.04. The summed E-state index contributed by atoms with van der Waals surface area (Å²) in [6.07, 6.45) is 2.95. The number of aromatic nitrogens is 2. The Morgan fingerprint density at radius 1 is 1.03 bits per heavy atom. The molecule has 31 heavy (non-hydrogen) atoms. The molecule has 1 aromatic heterocycles.